The first kappa shape index (κ1) is 13.8. The number of hydrogen-bond donors (Lipinski definition) is 1. The summed E-state index contributed by atoms with van der Waals surface area (Å²) in [5.74, 6) is 2.48. The zero-order valence-electron chi connectivity index (χ0n) is 12.5. The van der Waals surface area contributed by atoms with E-state index in [0.717, 1.165) is 17.2 Å². The van der Waals surface area contributed by atoms with Crippen molar-refractivity contribution in [3.8, 4) is 11.5 Å². The maximum Gasteiger partial charge on any atom is 0.141 e. The summed E-state index contributed by atoms with van der Waals surface area (Å²) < 4.78 is 10.7. The van der Waals surface area contributed by atoms with E-state index in [1.807, 2.05) is 30.3 Å². The number of hydrogen-bond acceptors (Lipinski definition) is 3. The highest BCUT2D eigenvalue weighted by molar-refractivity contribution is 5.57. The van der Waals surface area contributed by atoms with Crippen LogP contribution in [0.1, 0.15) is 24.4 Å². The summed E-state index contributed by atoms with van der Waals surface area (Å²) in [5, 5.41) is 3.65. The van der Waals surface area contributed by atoms with E-state index in [0.29, 0.717) is 12.0 Å². The Morgan fingerprint density at radius 3 is 2.29 bits per heavy atom. The molecule has 1 aliphatic carbocycles. The molecule has 0 heterocycles. The Bertz CT molecular complexity index is 590. The quantitative estimate of drug-likeness (QED) is 0.859. The Morgan fingerprint density at radius 1 is 0.952 bits per heavy atom. The van der Waals surface area contributed by atoms with Crippen molar-refractivity contribution in [3.63, 3.8) is 0 Å². The van der Waals surface area contributed by atoms with Crippen molar-refractivity contribution < 1.29 is 9.47 Å². The Balaban J connectivity index is 1.84. The monoisotopic (exact) mass is 283 g/mol. The second-order valence-corrected chi connectivity index (χ2v) is 5.43. The van der Waals surface area contributed by atoms with Gasteiger partial charge in [0, 0.05) is 0 Å². The topological polar surface area (TPSA) is 30.5 Å². The lowest BCUT2D eigenvalue weighted by Crippen LogP contribution is -2.13. The maximum absolute atomic E-state index is 5.44. The highest BCUT2D eigenvalue weighted by atomic mass is 16.5. The van der Waals surface area contributed by atoms with Crippen molar-refractivity contribution in [1.82, 2.24) is 0 Å². The Kier molecular flexibility index (Phi) is 4.00. The predicted molar refractivity (Wildman–Crippen MR) is 85.1 cm³/mol. The Hall–Kier alpha value is -2.16. The molecule has 3 rings (SSSR count). The molecule has 0 spiro atoms. The molecule has 2 aromatic rings. The fourth-order valence-electron chi connectivity index (χ4n) is 2.65. The molecular weight excluding hydrogens is 262 g/mol. The smallest absolute Gasteiger partial charge is 0.141 e. The van der Waals surface area contributed by atoms with E-state index in [1.54, 1.807) is 14.2 Å². The van der Waals surface area contributed by atoms with Gasteiger partial charge in [0.25, 0.3) is 0 Å². The standard InChI is InChI=1S/C18H21NO2/c1-20-15-11-9-14(10-12-15)18(13-7-8-13)19-16-5-3-4-6-17(16)21-2/h3-6,9-13,18-19H,7-8H2,1-2H3. The number of anilines is 1. The van der Waals surface area contributed by atoms with Crippen molar-refractivity contribution in [3.05, 3.63) is 54.1 Å². The van der Waals surface area contributed by atoms with E-state index in [-0.39, 0.29) is 0 Å². The number of para-hydroxylation sites is 2. The third-order valence-corrected chi connectivity index (χ3v) is 3.99. The largest absolute Gasteiger partial charge is 0.497 e. The molecule has 1 fully saturated rings. The Morgan fingerprint density at radius 2 is 1.67 bits per heavy atom. The van der Waals surface area contributed by atoms with Crippen LogP contribution in [0.3, 0.4) is 0 Å². The molecule has 1 unspecified atom stereocenters. The van der Waals surface area contributed by atoms with Crippen LogP contribution < -0.4 is 14.8 Å². The minimum Gasteiger partial charge on any atom is -0.497 e. The first-order valence-corrected chi connectivity index (χ1v) is 7.35. The molecule has 0 saturated heterocycles. The van der Waals surface area contributed by atoms with Crippen LogP contribution in [0.15, 0.2) is 48.5 Å². The van der Waals surface area contributed by atoms with Crippen molar-refractivity contribution in [1.29, 1.82) is 0 Å². The van der Waals surface area contributed by atoms with Crippen LogP contribution in [0.5, 0.6) is 11.5 Å². The molecule has 21 heavy (non-hydrogen) atoms. The minimum absolute atomic E-state index is 0.326. The fourth-order valence-corrected chi connectivity index (χ4v) is 2.65. The lowest BCUT2D eigenvalue weighted by Gasteiger charge is -2.21. The van der Waals surface area contributed by atoms with Gasteiger partial charge in [-0.05, 0) is 48.6 Å². The summed E-state index contributed by atoms with van der Waals surface area (Å²) >= 11 is 0. The van der Waals surface area contributed by atoms with Crippen LogP contribution in [0, 0.1) is 5.92 Å². The lowest BCUT2D eigenvalue weighted by atomic mass is 10.0. The zero-order chi connectivity index (χ0) is 14.7. The van der Waals surface area contributed by atoms with Crippen LogP contribution in [0.2, 0.25) is 0 Å². The van der Waals surface area contributed by atoms with Gasteiger partial charge in [0.15, 0.2) is 0 Å². The van der Waals surface area contributed by atoms with Gasteiger partial charge in [0.1, 0.15) is 11.5 Å². The van der Waals surface area contributed by atoms with E-state index >= 15 is 0 Å². The first-order chi connectivity index (χ1) is 10.3. The van der Waals surface area contributed by atoms with Gasteiger partial charge in [-0.1, -0.05) is 24.3 Å². The van der Waals surface area contributed by atoms with Crippen LogP contribution in [0.25, 0.3) is 0 Å². The molecule has 2 aromatic carbocycles. The molecule has 3 nitrogen and oxygen atoms in total. The lowest BCUT2D eigenvalue weighted by molar-refractivity contribution is 0.414. The number of nitrogens with one attached hydrogen (secondary N) is 1. The predicted octanol–water partition coefficient (Wildman–Crippen LogP) is 4.27. The van der Waals surface area contributed by atoms with E-state index in [4.69, 9.17) is 9.47 Å². The summed E-state index contributed by atoms with van der Waals surface area (Å²) in [5.41, 5.74) is 2.34. The summed E-state index contributed by atoms with van der Waals surface area (Å²) in [6.07, 6.45) is 2.55. The highest BCUT2D eigenvalue weighted by Crippen LogP contribution is 2.44. The van der Waals surface area contributed by atoms with Crippen LogP contribution >= 0.6 is 0 Å². The minimum atomic E-state index is 0.326. The van der Waals surface area contributed by atoms with Crippen LogP contribution in [0.4, 0.5) is 5.69 Å². The van der Waals surface area contributed by atoms with Gasteiger partial charge in [0.2, 0.25) is 0 Å². The van der Waals surface area contributed by atoms with Gasteiger partial charge >= 0.3 is 0 Å². The second-order valence-electron chi connectivity index (χ2n) is 5.43. The third kappa shape index (κ3) is 3.13. The van der Waals surface area contributed by atoms with Gasteiger partial charge < -0.3 is 14.8 Å². The van der Waals surface area contributed by atoms with Crippen molar-refractivity contribution in [2.24, 2.45) is 5.92 Å². The van der Waals surface area contributed by atoms with E-state index < -0.39 is 0 Å². The number of methoxy groups -OCH3 is 2. The zero-order valence-corrected chi connectivity index (χ0v) is 12.5. The number of benzene rings is 2. The molecule has 1 saturated carbocycles. The van der Waals surface area contributed by atoms with Crippen molar-refractivity contribution in [2.75, 3.05) is 19.5 Å². The molecule has 110 valence electrons. The third-order valence-electron chi connectivity index (χ3n) is 3.99. The van der Waals surface area contributed by atoms with Gasteiger partial charge in [-0.15, -0.1) is 0 Å². The van der Waals surface area contributed by atoms with Gasteiger partial charge in [-0.2, -0.15) is 0 Å². The average molecular weight is 283 g/mol. The summed E-state index contributed by atoms with van der Waals surface area (Å²) in [7, 11) is 3.40. The van der Waals surface area contributed by atoms with Gasteiger partial charge in [-0.3, -0.25) is 0 Å². The molecular formula is C18H21NO2. The van der Waals surface area contributed by atoms with E-state index in [2.05, 4.69) is 23.5 Å². The van der Waals surface area contributed by atoms with E-state index in [9.17, 15) is 0 Å². The second kappa shape index (κ2) is 6.08. The average Bonchev–Trinajstić information content (AvgIpc) is 3.38. The molecule has 3 heteroatoms. The Labute approximate surface area is 125 Å². The van der Waals surface area contributed by atoms with Gasteiger partial charge in [-0.25, -0.2) is 0 Å². The molecule has 0 radical (unpaired) electrons. The molecule has 0 aromatic heterocycles. The molecule has 0 amide bonds. The number of rotatable bonds is 6. The van der Waals surface area contributed by atoms with Crippen molar-refractivity contribution in [2.45, 2.75) is 18.9 Å². The fraction of sp³-hybridized carbons (Fsp3) is 0.333. The molecule has 0 bridgehead atoms. The number of ether oxygens (including phenoxy) is 2. The normalized spacial score (nSPS) is 15.3. The summed E-state index contributed by atoms with van der Waals surface area (Å²) in [6.45, 7) is 0. The van der Waals surface area contributed by atoms with Crippen molar-refractivity contribution >= 4 is 5.69 Å². The first-order valence-electron chi connectivity index (χ1n) is 7.35. The molecule has 1 N–H and O–H groups in total. The van der Waals surface area contributed by atoms with Crippen LogP contribution in [-0.4, -0.2) is 14.2 Å². The molecule has 0 aliphatic heterocycles. The van der Waals surface area contributed by atoms with E-state index in [1.165, 1.54) is 18.4 Å². The van der Waals surface area contributed by atoms with Crippen LogP contribution in [-0.2, 0) is 0 Å². The van der Waals surface area contributed by atoms with Gasteiger partial charge in [0.05, 0.1) is 25.9 Å². The molecule has 1 atom stereocenters. The maximum atomic E-state index is 5.44. The summed E-state index contributed by atoms with van der Waals surface area (Å²) in [4.78, 5) is 0. The highest BCUT2D eigenvalue weighted by Gasteiger charge is 2.32. The molecule has 1 aliphatic rings. The SMILES string of the molecule is COc1ccc(C(Nc2ccccc2OC)C2CC2)cc1. The summed E-state index contributed by atoms with van der Waals surface area (Å²) in [6, 6.07) is 16.7.